The number of thioether (sulfide) groups is 1. The SMILES string of the molecule is CCCC1(C)CCCN(C(=NC)NCCS(=O)(=O)N2CCSCC2)C1. The second-order valence-corrected chi connectivity index (χ2v) is 10.7. The molecule has 1 unspecified atom stereocenters. The summed E-state index contributed by atoms with van der Waals surface area (Å²) in [5.74, 6) is 2.78. The lowest BCUT2D eigenvalue weighted by Gasteiger charge is -2.42. The summed E-state index contributed by atoms with van der Waals surface area (Å²) in [6, 6.07) is 0. The third-order valence-corrected chi connectivity index (χ3v) is 7.97. The van der Waals surface area contributed by atoms with Gasteiger partial charge in [-0.25, -0.2) is 12.7 Å². The first kappa shape index (κ1) is 20.8. The van der Waals surface area contributed by atoms with Crippen LogP contribution in [0.25, 0.3) is 0 Å². The zero-order valence-electron chi connectivity index (χ0n) is 16.0. The first-order valence-corrected chi connectivity index (χ1v) is 12.2. The van der Waals surface area contributed by atoms with Crippen molar-refractivity contribution in [2.24, 2.45) is 10.4 Å². The van der Waals surface area contributed by atoms with Crippen molar-refractivity contribution in [3.8, 4) is 0 Å². The van der Waals surface area contributed by atoms with Crippen molar-refractivity contribution in [1.82, 2.24) is 14.5 Å². The molecule has 6 nitrogen and oxygen atoms in total. The summed E-state index contributed by atoms with van der Waals surface area (Å²) in [7, 11) is -1.38. The maximum absolute atomic E-state index is 12.4. The largest absolute Gasteiger partial charge is 0.355 e. The molecule has 0 aromatic rings. The van der Waals surface area contributed by atoms with Gasteiger partial charge in [0.15, 0.2) is 5.96 Å². The van der Waals surface area contributed by atoms with Crippen LogP contribution < -0.4 is 5.32 Å². The predicted octanol–water partition coefficient (Wildman–Crippen LogP) is 1.84. The lowest BCUT2D eigenvalue weighted by atomic mass is 9.78. The van der Waals surface area contributed by atoms with Crippen LogP contribution in [0.5, 0.6) is 0 Å². The Balaban J connectivity index is 1.85. The molecule has 2 fully saturated rings. The van der Waals surface area contributed by atoms with Crippen LogP contribution >= 0.6 is 11.8 Å². The number of rotatable bonds is 6. The molecule has 0 aromatic carbocycles. The molecule has 0 aromatic heterocycles. The van der Waals surface area contributed by atoms with Crippen LogP contribution in [0.15, 0.2) is 4.99 Å². The predicted molar refractivity (Wildman–Crippen MR) is 108 cm³/mol. The minimum atomic E-state index is -3.17. The highest BCUT2D eigenvalue weighted by atomic mass is 32.2. The number of sulfonamides is 1. The van der Waals surface area contributed by atoms with Gasteiger partial charge < -0.3 is 10.2 Å². The molecule has 0 saturated carbocycles. The van der Waals surface area contributed by atoms with Gasteiger partial charge in [-0.1, -0.05) is 20.3 Å². The molecule has 0 aliphatic carbocycles. The van der Waals surface area contributed by atoms with Crippen LogP contribution in [0.4, 0.5) is 0 Å². The van der Waals surface area contributed by atoms with Gasteiger partial charge in [-0.15, -0.1) is 0 Å². The van der Waals surface area contributed by atoms with Gasteiger partial charge in [-0.3, -0.25) is 4.99 Å². The van der Waals surface area contributed by atoms with Crippen molar-refractivity contribution in [1.29, 1.82) is 0 Å². The number of nitrogens with one attached hydrogen (secondary N) is 1. The fourth-order valence-electron chi connectivity index (χ4n) is 3.88. The molecule has 25 heavy (non-hydrogen) atoms. The van der Waals surface area contributed by atoms with Crippen LogP contribution in [0, 0.1) is 5.41 Å². The lowest BCUT2D eigenvalue weighted by Crippen LogP contribution is -2.51. The quantitative estimate of drug-likeness (QED) is 0.554. The van der Waals surface area contributed by atoms with E-state index in [2.05, 4.69) is 29.1 Å². The van der Waals surface area contributed by atoms with Crippen molar-refractivity contribution in [2.45, 2.75) is 39.5 Å². The Morgan fingerprint density at radius 3 is 2.64 bits per heavy atom. The summed E-state index contributed by atoms with van der Waals surface area (Å²) in [4.78, 5) is 6.68. The van der Waals surface area contributed by atoms with Gasteiger partial charge in [-0.2, -0.15) is 11.8 Å². The molecule has 0 radical (unpaired) electrons. The van der Waals surface area contributed by atoms with Crippen LogP contribution in [-0.2, 0) is 10.0 Å². The molecule has 0 spiro atoms. The van der Waals surface area contributed by atoms with Crippen molar-refractivity contribution in [2.75, 3.05) is 57.0 Å². The minimum absolute atomic E-state index is 0.136. The van der Waals surface area contributed by atoms with Gasteiger partial charge in [0.2, 0.25) is 10.0 Å². The molecule has 2 heterocycles. The summed E-state index contributed by atoms with van der Waals surface area (Å²) >= 11 is 1.82. The molecular weight excluding hydrogens is 356 g/mol. The molecule has 0 bridgehead atoms. The highest BCUT2D eigenvalue weighted by Gasteiger charge is 2.31. The Hall–Kier alpha value is -0.470. The van der Waals surface area contributed by atoms with E-state index >= 15 is 0 Å². The van der Waals surface area contributed by atoms with Gasteiger partial charge >= 0.3 is 0 Å². The first-order chi connectivity index (χ1) is 11.9. The highest BCUT2D eigenvalue weighted by molar-refractivity contribution is 7.99. The lowest BCUT2D eigenvalue weighted by molar-refractivity contribution is 0.143. The van der Waals surface area contributed by atoms with Crippen molar-refractivity contribution in [3.05, 3.63) is 0 Å². The van der Waals surface area contributed by atoms with Crippen LogP contribution in [0.1, 0.15) is 39.5 Å². The maximum Gasteiger partial charge on any atom is 0.215 e. The molecule has 2 rings (SSSR count). The number of hydrogen-bond acceptors (Lipinski definition) is 4. The topological polar surface area (TPSA) is 65.0 Å². The normalized spacial score (nSPS) is 26.7. The van der Waals surface area contributed by atoms with Gasteiger partial charge in [0.25, 0.3) is 0 Å². The Morgan fingerprint density at radius 1 is 1.28 bits per heavy atom. The van der Waals surface area contributed by atoms with E-state index in [0.29, 0.717) is 25.0 Å². The number of hydrogen-bond donors (Lipinski definition) is 1. The van der Waals surface area contributed by atoms with E-state index in [0.717, 1.165) is 30.6 Å². The summed E-state index contributed by atoms with van der Waals surface area (Å²) in [5.41, 5.74) is 0.335. The Bertz CT molecular complexity index is 543. The molecule has 1 atom stereocenters. The fraction of sp³-hybridized carbons (Fsp3) is 0.941. The van der Waals surface area contributed by atoms with E-state index in [4.69, 9.17) is 0 Å². The van der Waals surface area contributed by atoms with Crippen LogP contribution in [0.3, 0.4) is 0 Å². The average molecular weight is 391 g/mol. The first-order valence-electron chi connectivity index (χ1n) is 9.41. The van der Waals surface area contributed by atoms with E-state index in [9.17, 15) is 8.42 Å². The van der Waals surface area contributed by atoms with Crippen molar-refractivity contribution in [3.63, 3.8) is 0 Å². The van der Waals surface area contributed by atoms with Crippen molar-refractivity contribution < 1.29 is 8.42 Å². The Morgan fingerprint density at radius 2 is 2.00 bits per heavy atom. The molecule has 2 aliphatic rings. The van der Waals surface area contributed by atoms with E-state index in [-0.39, 0.29) is 5.75 Å². The zero-order valence-corrected chi connectivity index (χ0v) is 17.6. The van der Waals surface area contributed by atoms with Gasteiger partial charge in [0.05, 0.1) is 5.75 Å². The Labute approximate surface area is 157 Å². The zero-order chi connectivity index (χ0) is 18.3. The standard InChI is InChI=1S/C17H34N4O2S2/c1-4-6-17(2)7-5-9-20(15-17)16(18-3)19-8-14-25(22,23)21-10-12-24-13-11-21/h4-15H2,1-3H3,(H,18,19). The van der Waals surface area contributed by atoms with Gasteiger partial charge in [0, 0.05) is 51.3 Å². The second-order valence-electron chi connectivity index (χ2n) is 7.39. The molecule has 8 heteroatoms. The third-order valence-electron chi connectivity index (χ3n) is 5.15. The molecule has 2 aliphatic heterocycles. The highest BCUT2D eigenvalue weighted by Crippen LogP contribution is 2.33. The van der Waals surface area contributed by atoms with Gasteiger partial charge in [0.1, 0.15) is 0 Å². The summed E-state index contributed by atoms with van der Waals surface area (Å²) in [5, 5.41) is 3.28. The summed E-state index contributed by atoms with van der Waals surface area (Å²) in [6.07, 6.45) is 4.85. The minimum Gasteiger partial charge on any atom is -0.355 e. The molecule has 0 amide bonds. The summed E-state index contributed by atoms with van der Waals surface area (Å²) in [6.45, 7) is 8.29. The molecule has 2 saturated heterocycles. The van der Waals surface area contributed by atoms with Crippen molar-refractivity contribution >= 4 is 27.7 Å². The third kappa shape index (κ3) is 6.03. The van der Waals surface area contributed by atoms with E-state index in [1.807, 2.05) is 11.8 Å². The smallest absolute Gasteiger partial charge is 0.215 e. The number of nitrogens with zero attached hydrogens (tertiary/aromatic N) is 3. The summed E-state index contributed by atoms with van der Waals surface area (Å²) < 4.78 is 26.5. The molecular formula is C17H34N4O2S2. The molecule has 1 N–H and O–H groups in total. The van der Waals surface area contributed by atoms with Crippen LogP contribution in [-0.4, -0.2) is 80.6 Å². The Kier molecular flexibility index (Phi) is 7.89. The second kappa shape index (κ2) is 9.46. The number of piperidine rings is 1. The van der Waals surface area contributed by atoms with Gasteiger partial charge in [-0.05, 0) is 24.7 Å². The average Bonchev–Trinajstić information content (AvgIpc) is 2.59. The fourth-order valence-corrected chi connectivity index (χ4v) is 6.37. The van der Waals surface area contributed by atoms with E-state index in [1.54, 1.807) is 11.4 Å². The van der Waals surface area contributed by atoms with E-state index in [1.165, 1.54) is 25.7 Å². The number of aliphatic imine (C=N–C) groups is 1. The van der Waals surface area contributed by atoms with Crippen LogP contribution in [0.2, 0.25) is 0 Å². The number of likely N-dealkylation sites (tertiary alicyclic amines) is 1. The monoisotopic (exact) mass is 390 g/mol. The maximum atomic E-state index is 12.4. The molecule has 146 valence electrons. The van der Waals surface area contributed by atoms with E-state index < -0.39 is 10.0 Å². The number of guanidine groups is 1.